The van der Waals surface area contributed by atoms with E-state index in [1.807, 2.05) is 30.5 Å². The SMILES string of the molecule is Cc1cccc(N2C(=O)[C@H](CC(=O)Nc3cccc(F)c3)N(Cc3cccs3)C2=O)c1. The normalized spacial score (nSPS) is 16.1. The van der Waals surface area contributed by atoms with Crippen LogP contribution in [0.15, 0.2) is 66.0 Å². The average Bonchev–Trinajstić information content (AvgIpc) is 3.31. The van der Waals surface area contributed by atoms with E-state index in [4.69, 9.17) is 0 Å². The van der Waals surface area contributed by atoms with Crippen LogP contribution in [0.2, 0.25) is 0 Å². The van der Waals surface area contributed by atoms with Gasteiger partial charge in [0, 0.05) is 10.6 Å². The van der Waals surface area contributed by atoms with Crippen molar-refractivity contribution in [1.82, 2.24) is 4.90 Å². The van der Waals surface area contributed by atoms with Crippen LogP contribution in [0.3, 0.4) is 0 Å². The third kappa shape index (κ3) is 4.49. The zero-order valence-corrected chi connectivity index (χ0v) is 17.6. The fourth-order valence-electron chi connectivity index (χ4n) is 3.54. The lowest BCUT2D eigenvalue weighted by molar-refractivity contribution is -0.124. The van der Waals surface area contributed by atoms with Gasteiger partial charge < -0.3 is 10.2 Å². The maximum Gasteiger partial charge on any atom is 0.332 e. The van der Waals surface area contributed by atoms with Crippen molar-refractivity contribution in [3.63, 3.8) is 0 Å². The molecule has 0 saturated carbocycles. The number of benzene rings is 2. The number of imide groups is 1. The minimum absolute atomic E-state index is 0.225. The Hall–Kier alpha value is -3.52. The van der Waals surface area contributed by atoms with E-state index < -0.39 is 29.7 Å². The van der Waals surface area contributed by atoms with Crippen molar-refractivity contribution in [2.24, 2.45) is 0 Å². The van der Waals surface area contributed by atoms with Gasteiger partial charge in [0.15, 0.2) is 0 Å². The summed E-state index contributed by atoms with van der Waals surface area (Å²) in [7, 11) is 0. The third-order valence-corrected chi connectivity index (χ3v) is 5.83. The number of carbonyl (C=O) groups is 3. The fraction of sp³-hybridized carbons (Fsp3) is 0.174. The molecule has 0 unspecified atom stereocenters. The molecule has 1 saturated heterocycles. The van der Waals surface area contributed by atoms with Crippen molar-refractivity contribution < 1.29 is 18.8 Å². The molecule has 1 N–H and O–H groups in total. The number of carbonyl (C=O) groups excluding carboxylic acids is 3. The van der Waals surface area contributed by atoms with Crippen molar-refractivity contribution >= 4 is 40.6 Å². The number of thiophene rings is 1. The highest BCUT2D eigenvalue weighted by Crippen LogP contribution is 2.30. The second-order valence-corrected chi connectivity index (χ2v) is 8.31. The van der Waals surface area contributed by atoms with Gasteiger partial charge in [0.25, 0.3) is 5.91 Å². The quantitative estimate of drug-likeness (QED) is 0.575. The third-order valence-electron chi connectivity index (χ3n) is 4.97. The van der Waals surface area contributed by atoms with E-state index in [9.17, 15) is 18.8 Å². The minimum Gasteiger partial charge on any atom is -0.326 e. The maximum atomic E-state index is 13.4. The summed E-state index contributed by atoms with van der Waals surface area (Å²) < 4.78 is 13.4. The highest BCUT2D eigenvalue weighted by Gasteiger charge is 2.46. The number of hydrogen-bond donors (Lipinski definition) is 1. The fourth-order valence-corrected chi connectivity index (χ4v) is 4.25. The molecule has 1 fully saturated rings. The molecule has 158 valence electrons. The van der Waals surface area contributed by atoms with Gasteiger partial charge in [-0.05, 0) is 54.3 Å². The Labute approximate surface area is 182 Å². The van der Waals surface area contributed by atoms with Crippen molar-refractivity contribution in [3.05, 3.63) is 82.3 Å². The Morgan fingerprint density at radius 3 is 2.61 bits per heavy atom. The smallest absolute Gasteiger partial charge is 0.326 e. The molecule has 4 rings (SSSR count). The molecule has 3 aromatic rings. The Balaban J connectivity index is 1.59. The van der Waals surface area contributed by atoms with E-state index in [1.54, 1.807) is 24.3 Å². The lowest BCUT2D eigenvalue weighted by Crippen LogP contribution is -2.37. The molecule has 2 aromatic carbocycles. The molecule has 0 radical (unpaired) electrons. The van der Waals surface area contributed by atoms with E-state index in [0.717, 1.165) is 15.3 Å². The maximum absolute atomic E-state index is 13.4. The Bertz CT molecular complexity index is 1130. The number of halogens is 1. The molecule has 1 atom stereocenters. The molecular weight excluding hydrogens is 417 g/mol. The summed E-state index contributed by atoms with van der Waals surface area (Å²) in [6, 6.07) is 14.9. The lowest BCUT2D eigenvalue weighted by atomic mass is 10.1. The number of aryl methyl sites for hydroxylation is 1. The summed E-state index contributed by atoms with van der Waals surface area (Å²) in [6.07, 6.45) is -0.227. The van der Waals surface area contributed by atoms with Gasteiger partial charge in [-0.25, -0.2) is 14.1 Å². The summed E-state index contributed by atoms with van der Waals surface area (Å²) in [5, 5.41) is 4.49. The van der Waals surface area contributed by atoms with Gasteiger partial charge in [-0.15, -0.1) is 11.3 Å². The van der Waals surface area contributed by atoms with E-state index in [-0.39, 0.29) is 13.0 Å². The van der Waals surface area contributed by atoms with E-state index in [0.29, 0.717) is 11.4 Å². The predicted molar refractivity (Wildman–Crippen MR) is 117 cm³/mol. The zero-order chi connectivity index (χ0) is 22.0. The number of hydrogen-bond acceptors (Lipinski definition) is 4. The molecule has 2 heterocycles. The average molecular weight is 437 g/mol. The highest BCUT2D eigenvalue weighted by atomic mass is 32.1. The molecule has 31 heavy (non-hydrogen) atoms. The van der Waals surface area contributed by atoms with Crippen LogP contribution in [-0.4, -0.2) is 28.8 Å². The van der Waals surface area contributed by atoms with E-state index in [1.165, 1.54) is 34.4 Å². The van der Waals surface area contributed by atoms with Crippen LogP contribution in [-0.2, 0) is 16.1 Å². The molecule has 4 amide bonds. The monoisotopic (exact) mass is 437 g/mol. The molecule has 1 aromatic heterocycles. The first-order chi connectivity index (χ1) is 14.9. The summed E-state index contributed by atoms with van der Waals surface area (Å²) in [5.74, 6) is -1.41. The topological polar surface area (TPSA) is 69.7 Å². The first kappa shape index (κ1) is 20.7. The van der Waals surface area contributed by atoms with Crippen molar-refractivity contribution in [2.75, 3.05) is 10.2 Å². The van der Waals surface area contributed by atoms with Crippen LogP contribution in [0.4, 0.5) is 20.6 Å². The summed E-state index contributed by atoms with van der Waals surface area (Å²) in [4.78, 5) is 42.5. The van der Waals surface area contributed by atoms with Gasteiger partial charge >= 0.3 is 6.03 Å². The molecule has 1 aliphatic heterocycles. The molecule has 0 spiro atoms. The van der Waals surface area contributed by atoms with Gasteiger partial charge in [-0.2, -0.15) is 0 Å². The Morgan fingerprint density at radius 2 is 1.90 bits per heavy atom. The zero-order valence-electron chi connectivity index (χ0n) is 16.7. The standard InChI is InChI=1S/C23H20FN3O3S/c1-15-5-2-8-18(11-15)27-22(29)20(26(23(27)30)14-19-9-4-10-31-19)13-21(28)25-17-7-3-6-16(24)12-17/h2-12,20H,13-14H2,1H3,(H,25,28)/t20-/m0/s1. The predicted octanol–water partition coefficient (Wildman–Crippen LogP) is 4.56. The largest absolute Gasteiger partial charge is 0.332 e. The number of rotatable bonds is 6. The molecule has 6 nitrogen and oxygen atoms in total. The molecule has 1 aliphatic rings. The van der Waals surface area contributed by atoms with Crippen LogP contribution in [0.5, 0.6) is 0 Å². The number of nitrogens with one attached hydrogen (secondary N) is 1. The summed E-state index contributed by atoms with van der Waals surface area (Å²) >= 11 is 1.47. The summed E-state index contributed by atoms with van der Waals surface area (Å²) in [5.41, 5.74) is 1.68. The molecule has 8 heteroatoms. The van der Waals surface area contributed by atoms with Crippen LogP contribution < -0.4 is 10.2 Å². The van der Waals surface area contributed by atoms with Crippen LogP contribution in [0.25, 0.3) is 0 Å². The van der Waals surface area contributed by atoms with E-state index in [2.05, 4.69) is 5.32 Å². The molecule has 0 bridgehead atoms. The van der Waals surface area contributed by atoms with Crippen molar-refractivity contribution in [2.45, 2.75) is 25.9 Å². The van der Waals surface area contributed by atoms with Crippen molar-refractivity contribution in [1.29, 1.82) is 0 Å². The van der Waals surface area contributed by atoms with Gasteiger partial charge in [0.1, 0.15) is 11.9 Å². The highest BCUT2D eigenvalue weighted by molar-refractivity contribution is 7.09. The lowest BCUT2D eigenvalue weighted by Gasteiger charge is -2.21. The van der Waals surface area contributed by atoms with Crippen LogP contribution in [0, 0.1) is 12.7 Å². The number of anilines is 2. The number of nitrogens with zero attached hydrogens (tertiary/aromatic N) is 2. The van der Waals surface area contributed by atoms with Crippen LogP contribution in [0.1, 0.15) is 16.9 Å². The molecule has 0 aliphatic carbocycles. The Morgan fingerprint density at radius 1 is 1.10 bits per heavy atom. The van der Waals surface area contributed by atoms with Gasteiger partial charge in [-0.1, -0.05) is 24.3 Å². The number of urea groups is 1. The van der Waals surface area contributed by atoms with Gasteiger partial charge in [0.2, 0.25) is 5.91 Å². The van der Waals surface area contributed by atoms with E-state index >= 15 is 0 Å². The first-order valence-corrected chi connectivity index (χ1v) is 10.6. The Kier molecular flexibility index (Phi) is 5.81. The summed E-state index contributed by atoms with van der Waals surface area (Å²) in [6.45, 7) is 2.10. The van der Waals surface area contributed by atoms with Crippen molar-refractivity contribution in [3.8, 4) is 0 Å². The van der Waals surface area contributed by atoms with Gasteiger partial charge in [-0.3, -0.25) is 9.59 Å². The second kappa shape index (κ2) is 8.69. The first-order valence-electron chi connectivity index (χ1n) is 9.71. The van der Waals surface area contributed by atoms with Gasteiger partial charge in [0.05, 0.1) is 18.7 Å². The molecular formula is C23H20FN3O3S. The second-order valence-electron chi connectivity index (χ2n) is 7.28. The minimum atomic E-state index is -0.955. The number of amides is 4. The van der Waals surface area contributed by atoms with Crippen LogP contribution >= 0.6 is 11.3 Å².